The van der Waals surface area contributed by atoms with Gasteiger partial charge in [-0.05, 0) is 48.4 Å². The van der Waals surface area contributed by atoms with Crippen LogP contribution in [-0.2, 0) is 10.0 Å². The molecule has 128 valence electrons. The Morgan fingerprint density at radius 3 is 2.44 bits per heavy atom. The number of sulfonamides is 1. The van der Waals surface area contributed by atoms with Gasteiger partial charge in [-0.25, -0.2) is 22.3 Å². The number of pyridine rings is 1. The zero-order valence-electron chi connectivity index (χ0n) is 13.2. The second kappa shape index (κ2) is 6.34. The van der Waals surface area contributed by atoms with Crippen molar-refractivity contribution in [1.29, 1.82) is 0 Å². The van der Waals surface area contributed by atoms with Crippen LogP contribution in [0.2, 0.25) is 0 Å². The van der Waals surface area contributed by atoms with E-state index in [-0.39, 0.29) is 16.3 Å². The van der Waals surface area contributed by atoms with E-state index in [0.29, 0.717) is 22.4 Å². The maximum Gasteiger partial charge on any atom is 0.238 e. The lowest BCUT2D eigenvalue weighted by atomic mass is 9.98. The molecule has 0 unspecified atom stereocenters. The van der Waals surface area contributed by atoms with Gasteiger partial charge in [-0.3, -0.25) is 4.98 Å². The van der Waals surface area contributed by atoms with Gasteiger partial charge in [0.2, 0.25) is 10.0 Å². The summed E-state index contributed by atoms with van der Waals surface area (Å²) >= 11 is 0. The van der Waals surface area contributed by atoms with Crippen LogP contribution in [0.15, 0.2) is 59.6 Å². The van der Waals surface area contributed by atoms with Crippen molar-refractivity contribution >= 4 is 10.0 Å². The van der Waals surface area contributed by atoms with Gasteiger partial charge in [-0.15, -0.1) is 0 Å². The summed E-state index contributed by atoms with van der Waals surface area (Å²) in [5.74, 6) is -1.13. The van der Waals surface area contributed by atoms with Crippen LogP contribution in [0.5, 0.6) is 0 Å². The van der Waals surface area contributed by atoms with Crippen molar-refractivity contribution in [3.63, 3.8) is 0 Å². The molecule has 25 heavy (non-hydrogen) atoms. The molecular formula is C18H14F2N2O2S. The number of aryl methyl sites for hydroxylation is 1. The predicted octanol–water partition coefficient (Wildman–Crippen LogP) is 3.65. The van der Waals surface area contributed by atoms with Crippen LogP contribution in [0, 0.1) is 18.6 Å². The van der Waals surface area contributed by atoms with Crippen LogP contribution in [0.3, 0.4) is 0 Å². The molecule has 3 aromatic rings. The fraction of sp³-hybridized carbons (Fsp3) is 0.0556. The molecule has 0 saturated heterocycles. The lowest BCUT2D eigenvalue weighted by Crippen LogP contribution is -2.12. The number of benzene rings is 2. The third-order valence-corrected chi connectivity index (χ3v) is 4.66. The average Bonchev–Trinajstić information content (AvgIpc) is 2.56. The van der Waals surface area contributed by atoms with E-state index < -0.39 is 15.8 Å². The largest absolute Gasteiger partial charge is 0.256 e. The van der Waals surface area contributed by atoms with E-state index >= 15 is 0 Å². The van der Waals surface area contributed by atoms with Gasteiger partial charge in [0.1, 0.15) is 11.6 Å². The van der Waals surface area contributed by atoms with Gasteiger partial charge in [-0.1, -0.05) is 18.2 Å². The zero-order chi connectivity index (χ0) is 18.2. The lowest BCUT2D eigenvalue weighted by molar-refractivity contribution is 0.592. The molecule has 1 aromatic heterocycles. The molecule has 0 radical (unpaired) electrons. The standard InChI is InChI=1S/C18H14F2N2O2S/c1-11-4-5-12(9-17(11)20)16-3-2-6-22-18(16)13-7-14(19)10-15(8-13)25(21,23)24/h2-10H,1H3,(H2,21,23,24). The molecule has 2 aromatic carbocycles. The van der Waals surface area contributed by atoms with Crippen LogP contribution in [0.1, 0.15) is 5.56 Å². The Labute approximate surface area is 144 Å². The first-order chi connectivity index (χ1) is 11.8. The molecule has 0 aliphatic heterocycles. The second-order valence-electron chi connectivity index (χ2n) is 5.58. The number of nitrogens with zero attached hydrogens (tertiary/aromatic N) is 1. The van der Waals surface area contributed by atoms with Gasteiger partial charge in [0.25, 0.3) is 0 Å². The first kappa shape index (κ1) is 17.2. The number of hydrogen-bond donors (Lipinski definition) is 1. The summed E-state index contributed by atoms with van der Waals surface area (Å²) in [4.78, 5) is 3.86. The van der Waals surface area contributed by atoms with Gasteiger partial charge in [-0.2, -0.15) is 0 Å². The Morgan fingerprint density at radius 1 is 1.00 bits per heavy atom. The highest BCUT2D eigenvalue weighted by Gasteiger charge is 2.15. The highest BCUT2D eigenvalue weighted by molar-refractivity contribution is 7.89. The summed E-state index contributed by atoms with van der Waals surface area (Å²) in [6.07, 6.45) is 1.49. The van der Waals surface area contributed by atoms with E-state index in [1.54, 1.807) is 31.2 Å². The molecule has 0 fully saturated rings. The van der Waals surface area contributed by atoms with E-state index in [0.717, 1.165) is 12.1 Å². The minimum absolute atomic E-state index is 0.237. The fourth-order valence-corrected chi connectivity index (χ4v) is 3.06. The number of nitrogens with two attached hydrogens (primary N) is 1. The van der Waals surface area contributed by atoms with E-state index in [9.17, 15) is 17.2 Å². The van der Waals surface area contributed by atoms with Gasteiger partial charge < -0.3 is 0 Å². The Kier molecular flexibility index (Phi) is 4.36. The highest BCUT2D eigenvalue weighted by Crippen LogP contribution is 2.32. The van der Waals surface area contributed by atoms with E-state index in [4.69, 9.17) is 5.14 Å². The molecule has 4 nitrogen and oxygen atoms in total. The Balaban J connectivity index is 2.23. The summed E-state index contributed by atoms with van der Waals surface area (Å²) in [6, 6.07) is 11.3. The number of primary sulfonamides is 1. The SMILES string of the molecule is Cc1ccc(-c2cccnc2-c2cc(F)cc(S(N)(=O)=O)c2)cc1F. The van der Waals surface area contributed by atoms with Crippen molar-refractivity contribution in [3.05, 3.63) is 71.9 Å². The van der Waals surface area contributed by atoms with Gasteiger partial charge >= 0.3 is 0 Å². The minimum atomic E-state index is -4.07. The van der Waals surface area contributed by atoms with Gasteiger partial charge in [0, 0.05) is 17.3 Å². The van der Waals surface area contributed by atoms with Crippen LogP contribution in [0.4, 0.5) is 8.78 Å². The Morgan fingerprint density at radius 2 is 1.76 bits per heavy atom. The summed E-state index contributed by atoms with van der Waals surface area (Å²) in [5, 5.41) is 5.09. The molecule has 1 heterocycles. The first-order valence-corrected chi connectivity index (χ1v) is 8.85. The minimum Gasteiger partial charge on any atom is -0.256 e. The second-order valence-corrected chi connectivity index (χ2v) is 7.15. The molecule has 0 saturated carbocycles. The Bertz CT molecular complexity index is 1070. The molecule has 0 atom stereocenters. The quantitative estimate of drug-likeness (QED) is 0.775. The van der Waals surface area contributed by atoms with Crippen molar-refractivity contribution in [2.24, 2.45) is 5.14 Å². The summed E-state index contributed by atoms with van der Waals surface area (Å²) in [7, 11) is -4.07. The molecule has 0 amide bonds. The predicted molar refractivity (Wildman–Crippen MR) is 91.1 cm³/mol. The van der Waals surface area contributed by atoms with Crippen molar-refractivity contribution in [1.82, 2.24) is 4.98 Å². The first-order valence-electron chi connectivity index (χ1n) is 7.31. The van der Waals surface area contributed by atoms with Crippen molar-refractivity contribution in [2.75, 3.05) is 0 Å². The lowest BCUT2D eigenvalue weighted by Gasteiger charge is -2.11. The molecule has 2 N–H and O–H groups in total. The third kappa shape index (κ3) is 3.57. The average molecular weight is 360 g/mol. The maximum absolute atomic E-state index is 13.9. The third-order valence-electron chi connectivity index (χ3n) is 3.76. The van der Waals surface area contributed by atoms with Crippen LogP contribution < -0.4 is 5.14 Å². The monoisotopic (exact) mass is 360 g/mol. The molecule has 0 aliphatic rings. The fourth-order valence-electron chi connectivity index (χ4n) is 2.49. The number of hydrogen-bond acceptors (Lipinski definition) is 3. The normalized spacial score (nSPS) is 11.5. The van der Waals surface area contributed by atoms with E-state index in [1.807, 2.05) is 0 Å². The van der Waals surface area contributed by atoms with Gasteiger partial charge in [0.15, 0.2) is 0 Å². The van der Waals surface area contributed by atoms with Crippen LogP contribution in [-0.4, -0.2) is 13.4 Å². The topological polar surface area (TPSA) is 73.0 Å². The Hall–Kier alpha value is -2.64. The number of rotatable bonds is 3. The molecule has 0 spiro atoms. The maximum atomic E-state index is 13.9. The number of halogens is 2. The molecule has 7 heteroatoms. The summed E-state index contributed by atoms with van der Waals surface area (Å²) in [6.45, 7) is 1.65. The van der Waals surface area contributed by atoms with Crippen molar-refractivity contribution in [3.8, 4) is 22.4 Å². The molecule has 3 rings (SSSR count). The molecule has 0 aliphatic carbocycles. The van der Waals surface area contributed by atoms with Crippen LogP contribution >= 0.6 is 0 Å². The number of aromatic nitrogens is 1. The zero-order valence-corrected chi connectivity index (χ0v) is 14.0. The van der Waals surface area contributed by atoms with Crippen LogP contribution in [0.25, 0.3) is 22.4 Å². The van der Waals surface area contributed by atoms with Crippen molar-refractivity contribution < 1.29 is 17.2 Å². The summed E-state index contributed by atoms with van der Waals surface area (Å²) < 4.78 is 50.9. The van der Waals surface area contributed by atoms with Gasteiger partial charge in [0.05, 0.1) is 10.6 Å². The molecular weight excluding hydrogens is 346 g/mol. The summed E-state index contributed by atoms with van der Waals surface area (Å²) in [5.41, 5.74) is 2.16. The van der Waals surface area contributed by atoms with Crippen molar-refractivity contribution in [2.45, 2.75) is 11.8 Å². The van der Waals surface area contributed by atoms with E-state index in [1.165, 1.54) is 18.3 Å². The smallest absolute Gasteiger partial charge is 0.238 e. The van der Waals surface area contributed by atoms with E-state index in [2.05, 4.69) is 4.98 Å². The highest BCUT2D eigenvalue weighted by atomic mass is 32.2. The molecule has 0 bridgehead atoms.